The Kier molecular flexibility index (Phi) is 6.85. The lowest BCUT2D eigenvalue weighted by Gasteiger charge is -2.10. The van der Waals surface area contributed by atoms with Crippen molar-refractivity contribution in [2.24, 2.45) is 5.10 Å². The van der Waals surface area contributed by atoms with Crippen LogP contribution in [0, 0.1) is 0 Å². The van der Waals surface area contributed by atoms with Crippen molar-refractivity contribution in [2.75, 3.05) is 28.4 Å². The predicted molar refractivity (Wildman–Crippen MR) is 102 cm³/mol. The Balaban J connectivity index is 2.16. The van der Waals surface area contributed by atoms with Gasteiger partial charge in [-0.25, -0.2) is 5.43 Å². The Bertz CT molecular complexity index is 801. The number of rotatable bonds is 7. The predicted octanol–water partition coefficient (Wildman–Crippen LogP) is 3.25. The summed E-state index contributed by atoms with van der Waals surface area (Å²) in [5.74, 6) is 1.77. The lowest BCUT2D eigenvalue weighted by atomic mass is 10.2. The molecule has 0 aliphatic carbocycles. The number of amides is 1. The molecule has 0 saturated heterocycles. The third kappa shape index (κ3) is 4.66. The van der Waals surface area contributed by atoms with Gasteiger partial charge >= 0.3 is 0 Å². The summed E-state index contributed by atoms with van der Waals surface area (Å²) in [6, 6.07) is 8.42. The Morgan fingerprint density at radius 3 is 2.15 bits per heavy atom. The highest BCUT2D eigenvalue weighted by Crippen LogP contribution is 2.35. The van der Waals surface area contributed by atoms with Crippen LogP contribution >= 0.6 is 15.9 Å². The number of nitrogens with zero attached hydrogens (tertiary/aromatic N) is 1. The van der Waals surface area contributed by atoms with Crippen LogP contribution in [0.1, 0.15) is 15.9 Å². The molecule has 1 amide bonds. The second-order valence-corrected chi connectivity index (χ2v) is 5.89. The standard InChI is InChI=1S/C18H19BrN2O5/c1-23-13-7-12(8-14(9-13)24-2)18(22)21-20-10-11-5-15(19)17(26-4)16(6-11)25-3/h5-10H,1-4H3,(H,21,22)/b20-10-. The van der Waals surface area contributed by atoms with E-state index in [1.54, 1.807) is 44.6 Å². The summed E-state index contributed by atoms with van der Waals surface area (Å²) in [4.78, 5) is 12.3. The van der Waals surface area contributed by atoms with Gasteiger partial charge in [-0.1, -0.05) is 0 Å². The maximum absolute atomic E-state index is 12.3. The summed E-state index contributed by atoms with van der Waals surface area (Å²) in [5, 5.41) is 3.98. The average Bonchev–Trinajstić information content (AvgIpc) is 2.66. The minimum Gasteiger partial charge on any atom is -0.497 e. The molecule has 2 aromatic rings. The summed E-state index contributed by atoms with van der Waals surface area (Å²) in [7, 11) is 6.13. The Morgan fingerprint density at radius 2 is 1.62 bits per heavy atom. The zero-order valence-corrected chi connectivity index (χ0v) is 16.4. The Morgan fingerprint density at radius 1 is 0.962 bits per heavy atom. The fourth-order valence-electron chi connectivity index (χ4n) is 2.18. The highest BCUT2D eigenvalue weighted by atomic mass is 79.9. The van der Waals surface area contributed by atoms with E-state index in [1.165, 1.54) is 20.4 Å². The third-order valence-electron chi connectivity index (χ3n) is 3.45. The van der Waals surface area contributed by atoms with Gasteiger partial charge in [0.25, 0.3) is 5.91 Å². The number of ether oxygens (including phenoxy) is 4. The van der Waals surface area contributed by atoms with Crippen LogP contribution < -0.4 is 24.4 Å². The third-order valence-corrected chi connectivity index (χ3v) is 4.04. The maximum Gasteiger partial charge on any atom is 0.271 e. The van der Waals surface area contributed by atoms with Gasteiger partial charge in [0.2, 0.25) is 0 Å². The summed E-state index contributed by atoms with van der Waals surface area (Å²) in [6.07, 6.45) is 1.50. The summed E-state index contributed by atoms with van der Waals surface area (Å²) in [5.41, 5.74) is 3.56. The molecule has 0 unspecified atom stereocenters. The molecule has 0 atom stereocenters. The molecule has 0 spiro atoms. The molecular weight excluding hydrogens is 404 g/mol. The molecule has 7 nitrogen and oxygen atoms in total. The van der Waals surface area contributed by atoms with Gasteiger partial charge < -0.3 is 18.9 Å². The fourth-order valence-corrected chi connectivity index (χ4v) is 2.80. The monoisotopic (exact) mass is 422 g/mol. The number of hydrazone groups is 1. The van der Waals surface area contributed by atoms with Gasteiger partial charge in [-0.2, -0.15) is 5.10 Å². The number of carbonyl (C=O) groups excluding carboxylic acids is 1. The van der Waals surface area contributed by atoms with E-state index in [0.29, 0.717) is 33.0 Å². The highest BCUT2D eigenvalue weighted by molar-refractivity contribution is 9.10. The molecule has 2 rings (SSSR count). The van der Waals surface area contributed by atoms with Gasteiger partial charge in [0.05, 0.1) is 39.1 Å². The summed E-state index contributed by atoms with van der Waals surface area (Å²) < 4.78 is 21.5. The maximum atomic E-state index is 12.3. The van der Waals surface area contributed by atoms with Crippen LogP contribution in [-0.2, 0) is 0 Å². The largest absolute Gasteiger partial charge is 0.497 e. The van der Waals surface area contributed by atoms with Gasteiger partial charge in [-0.3, -0.25) is 4.79 Å². The minimum atomic E-state index is -0.391. The molecule has 0 bridgehead atoms. The van der Waals surface area contributed by atoms with Gasteiger partial charge in [-0.15, -0.1) is 0 Å². The molecule has 0 radical (unpaired) electrons. The zero-order chi connectivity index (χ0) is 19.1. The molecule has 2 aromatic carbocycles. The number of hydrogen-bond donors (Lipinski definition) is 1. The first-order valence-electron chi connectivity index (χ1n) is 7.50. The number of carbonyl (C=O) groups is 1. The smallest absolute Gasteiger partial charge is 0.271 e. The Labute approximate surface area is 160 Å². The molecule has 1 N–H and O–H groups in total. The highest BCUT2D eigenvalue weighted by Gasteiger charge is 2.11. The van der Waals surface area contributed by atoms with Crippen molar-refractivity contribution in [3.63, 3.8) is 0 Å². The van der Waals surface area contributed by atoms with E-state index in [4.69, 9.17) is 18.9 Å². The van der Waals surface area contributed by atoms with Gasteiger partial charge in [0.1, 0.15) is 11.5 Å². The lowest BCUT2D eigenvalue weighted by molar-refractivity contribution is 0.0954. The van der Waals surface area contributed by atoms with E-state index in [2.05, 4.69) is 26.5 Å². The molecule has 0 saturated carbocycles. The van der Waals surface area contributed by atoms with E-state index >= 15 is 0 Å². The summed E-state index contributed by atoms with van der Waals surface area (Å²) in [6.45, 7) is 0. The molecule has 138 valence electrons. The molecule has 0 aliphatic heterocycles. The second kappa shape index (κ2) is 9.10. The topological polar surface area (TPSA) is 78.4 Å². The van der Waals surface area contributed by atoms with Gasteiger partial charge in [0.15, 0.2) is 11.5 Å². The van der Waals surface area contributed by atoms with Crippen LogP contribution in [0.25, 0.3) is 0 Å². The first kappa shape index (κ1) is 19.6. The second-order valence-electron chi connectivity index (χ2n) is 5.04. The molecular formula is C18H19BrN2O5. The van der Waals surface area contributed by atoms with E-state index in [1.807, 2.05) is 0 Å². The van der Waals surface area contributed by atoms with Crippen LogP contribution in [0.5, 0.6) is 23.0 Å². The van der Waals surface area contributed by atoms with Gasteiger partial charge in [-0.05, 0) is 45.8 Å². The van der Waals surface area contributed by atoms with E-state index in [0.717, 1.165) is 5.56 Å². The van der Waals surface area contributed by atoms with Crippen LogP contribution in [0.4, 0.5) is 0 Å². The minimum absolute atomic E-state index is 0.367. The SMILES string of the molecule is COc1cc(OC)cc(C(=O)N/N=C\c2cc(Br)c(OC)c(OC)c2)c1. The number of methoxy groups -OCH3 is 4. The van der Waals surface area contributed by atoms with Crippen LogP contribution in [0.3, 0.4) is 0 Å². The van der Waals surface area contributed by atoms with E-state index in [-0.39, 0.29) is 0 Å². The van der Waals surface area contributed by atoms with Gasteiger partial charge in [0, 0.05) is 11.6 Å². The van der Waals surface area contributed by atoms with E-state index < -0.39 is 5.91 Å². The molecule has 0 aliphatic rings. The normalized spacial score (nSPS) is 10.5. The summed E-state index contributed by atoms with van der Waals surface area (Å²) >= 11 is 3.41. The number of benzene rings is 2. The first-order chi connectivity index (χ1) is 12.5. The molecule has 0 aromatic heterocycles. The molecule has 26 heavy (non-hydrogen) atoms. The van der Waals surface area contributed by atoms with Crippen molar-refractivity contribution >= 4 is 28.1 Å². The van der Waals surface area contributed by atoms with Crippen LogP contribution in [-0.4, -0.2) is 40.6 Å². The van der Waals surface area contributed by atoms with Crippen molar-refractivity contribution in [1.29, 1.82) is 0 Å². The number of nitrogens with one attached hydrogen (secondary N) is 1. The first-order valence-corrected chi connectivity index (χ1v) is 8.29. The average molecular weight is 423 g/mol. The quantitative estimate of drug-likeness (QED) is 0.547. The Hall–Kier alpha value is -2.74. The lowest BCUT2D eigenvalue weighted by Crippen LogP contribution is -2.17. The van der Waals surface area contributed by atoms with E-state index in [9.17, 15) is 4.79 Å². The molecule has 0 fully saturated rings. The van der Waals surface area contributed by atoms with Crippen molar-refractivity contribution < 1.29 is 23.7 Å². The van der Waals surface area contributed by atoms with Crippen molar-refractivity contribution in [1.82, 2.24) is 5.43 Å². The molecule has 0 heterocycles. The molecule has 8 heteroatoms. The van der Waals surface area contributed by atoms with Crippen molar-refractivity contribution in [2.45, 2.75) is 0 Å². The fraction of sp³-hybridized carbons (Fsp3) is 0.222. The van der Waals surface area contributed by atoms with Crippen LogP contribution in [0.2, 0.25) is 0 Å². The number of halogens is 1. The van der Waals surface area contributed by atoms with Crippen molar-refractivity contribution in [3.8, 4) is 23.0 Å². The zero-order valence-electron chi connectivity index (χ0n) is 14.8. The van der Waals surface area contributed by atoms with Crippen LogP contribution in [0.15, 0.2) is 39.9 Å². The number of hydrogen-bond acceptors (Lipinski definition) is 6. The van der Waals surface area contributed by atoms with Crippen molar-refractivity contribution in [3.05, 3.63) is 45.9 Å².